The molecular formula is C16H19N5. The Morgan fingerprint density at radius 1 is 1.19 bits per heavy atom. The van der Waals surface area contributed by atoms with Crippen molar-refractivity contribution in [2.45, 2.75) is 0 Å². The zero-order valence-corrected chi connectivity index (χ0v) is 11.8. The zero-order chi connectivity index (χ0) is 14.7. The van der Waals surface area contributed by atoms with E-state index in [-0.39, 0.29) is 0 Å². The fraction of sp³-hybridized carbons (Fsp3) is 0.250. The zero-order valence-electron chi connectivity index (χ0n) is 11.8. The van der Waals surface area contributed by atoms with E-state index in [1.807, 2.05) is 36.4 Å². The van der Waals surface area contributed by atoms with Crippen molar-refractivity contribution in [2.24, 2.45) is 0 Å². The summed E-state index contributed by atoms with van der Waals surface area (Å²) in [4.78, 5) is 6.67. The molecule has 1 aromatic carbocycles. The van der Waals surface area contributed by atoms with Crippen molar-refractivity contribution < 1.29 is 0 Å². The molecule has 3 rings (SSSR count). The minimum atomic E-state index is 0.437. The Hall–Kier alpha value is -2.40. The molecule has 0 atom stereocenters. The number of piperazine rings is 1. The molecule has 21 heavy (non-hydrogen) atoms. The smallest absolute Gasteiger partial charge is 0.129 e. The molecule has 1 fully saturated rings. The predicted molar refractivity (Wildman–Crippen MR) is 86.1 cm³/mol. The highest BCUT2D eigenvalue weighted by Crippen LogP contribution is 2.19. The van der Waals surface area contributed by atoms with Crippen LogP contribution in [-0.2, 0) is 0 Å². The molecule has 0 unspecified atom stereocenters. The van der Waals surface area contributed by atoms with E-state index in [2.05, 4.69) is 15.2 Å². The number of nitrogens with one attached hydrogen (secondary N) is 2. The summed E-state index contributed by atoms with van der Waals surface area (Å²) in [6.07, 6.45) is 1.76. The third-order valence-corrected chi connectivity index (χ3v) is 3.71. The molecule has 1 aliphatic heterocycles. The maximum absolute atomic E-state index is 8.38. The van der Waals surface area contributed by atoms with Crippen LogP contribution in [0.3, 0.4) is 0 Å². The minimum absolute atomic E-state index is 0.437. The molecule has 1 aromatic heterocycles. The Kier molecular flexibility index (Phi) is 3.83. The van der Waals surface area contributed by atoms with Crippen LogP contribution in [0.25, 0.3) is 0 Å². The second-order valence-electron chi connectivity index (χ2n) is 5.10. The molecule has 0 spiro atoms. The summed E-state index contributed by atoms with van der Waals surface area (Å²) in [6.45, 7) is 3.82. The molecule has 0 saturated carbocycles. The molecule has 4 N–H and O–H groups in total. The maximum Gasteiger partial charge on any atom is 0.129 e. The van der Waals surface area contributed by atoms with E-state index in [0.29, 0.717) is 11.4 Å². The van der Waals surface area contributed by atoms with Gasteiger partial charge in [0.05, 0.1) is 5.71 Å². The number of hydrogen-bond acceptors (Lipinski definition) is 5. The van der Waals surface area contributed by atoms with E-state index in [4.69, 9.17) is 11.1 Å². The molecule has 0 aliphatic carbocycles. The van der Waals surface area contributed by atoms with Crippen molar-refractivity contribution in [3.8, 4) is 0 Å². The lowest BCUT2D eigenvalue weighted by atomic mass is 10.0. The highest BCUT2D eigenvalue weighted by molar-refractivity contribution is 6.14. The average molecular weight is 281 g/mol. The summed E-state index contributed by atoms with van der Waals surface area (Å²) in [5.41, 5.74) is 8.63. The topological polar surface area (TPSA) is 78.0 Å². The Balaban J connectivity index is 1.89. The van der Waals surface area contributed by atoms with E-state index in [9.17, 15) is 0 Å². The van der Waals surface area contributed by atoms with Crippen LogP contribution in [0.4, 0.5) is 11.5 Å². The summed E-state index contributed by atoms with van der Waals surface area (Å²) in [5.74, 6) is 0.924. The number of aromatic nitrogens is 1. The first-order valence-corrected chi connectivity index (χ1v) is 7.11. The SMILES string of the molecule is N=C(c1ccnc(N2CCNCC2)c1)c1ccccc1N. The molecule has 5 heteroatoms. The Bertz CT molecular complexity index is 647. The quantitative estimate of drug-likeness (QED) is 0.588. The van der Waals surface area contributed by atoms with E-state index < -0.39 is 0 Å². The van der Waals surface area contributed by atoms with Crippen LogP contribution < -0.4 is 16.0 Å². The monoisotopic (exact) mass is 281 g/mol. The van der Waals surface area contributed by atoms with Crippen molar-refractivity contribution in [1.82, 2.24) is 10.3 Å². The van der Waals surface area contributed by atoms with Crippen molar-refractivity contribution >= 4 is 17.2 Å². The van der Waals surface area contributed by atoms with Gasteiger partial charge in [0.1, 0.15) is 5.82 Å². The standard InChI is InChI=1S/C16H19N5/c17-14-4-2-1-3-13(14)16(18)12-5-6-20-15(11-12)21-9-7-19-8-10-21/h1-6,11,18-19H,7-10,17H2. The fourth-order valence-electron chi connectivity index (χ4n) is 2.52. The fourth-order valence-corrected chi connectivity index (χ4v) is 2.52. The lowest BCUT2D eigenvalue weighted by Crippen LogP contribution is -2.43. The van der Waals surface area contributed by atoms with E-state index in [1.165, 1.54) is 0 Å². The molecule has 2 heterocycles. The molecular weight excluding hydrogens is 262 g/mol. The van der Waals surface area contributed by atoms with Gasteiger partial charge in [0, 0.05) is 49.2 Å². The molecule has 0 amide bonds. The molecule has 1 saturated heterocycles. The average Bonchev–Trinajstić information content (AvgIpc) is 2.56. The van der Waals surface area contributed by atoms with Crippen molar-refractivity contribution in [3.05, 3.63) is 53.7 Å². The Labute approximate surface area is 124 Å². The number of benzene rings is 1. The highest BCUT2D eigenvalue weighted by Gasteiger charge is 2.14. The molecule has 5 nitrogen and oxygen atoms in total. The number of nitrogens with two attached hydrogens (primary N) is 1. The van der Waals surface area contributed by atoms with Gasteiger partial charge < -0.3 is 16.0 Å². The second-order valence-corrected chi connectivity index (χ2v) is 5.10. The molecule has 0 radical (unpaired) electrons. The first-order valence-electron chi connectivity index (χ1n) is 7.11. The Morgan fingerprint density at radius 3 is 2.71 bits per heavy atom. The number of nitrogens with zero attached hydrogens (tertiary/aromatic N) is 2. The minimum Gasteiger partial charge on any atom is -0.398 e. The van der Waals surface area contributed by atoms with Gasteiger partial charge in [-0.1, -0.05) is 18.2 Å². The summed E-state index contributed by atoms with van der Waals surface area (Å²) in [6, 6.07) is 11.3. The van der Waals surface area contributed by atoms with E-state index in [1.54, 1.807) is 6.20 Å². The molecule has 1 aliphatic rings. The van der Waals surface area contributed by atoms with Crippen LogP contribution in [-0.4, -0.2) is 36.9 Å². The summed E-state index contributed by atoms with van der Waals surface area (Å²) >= 11 is 0. The summed E-state index contributed by atoms with van der Waals surface area (Å²) in [7, 11) is 0. The molecule has 0 bridgehead atoms. The van der Waals surface area contributed by atoms with Crippen molar-refractivity contribution in [2.75, 3.05) is 36.8 Å². The van der Waals surface area contributed by atoms with Crippen LogP contribution >= 0.6 is 0 Å². The normalized spacial score (nSPS) is 15.0. The number of rotatable bonds is 3. The van der Waals surface area contributed by atoms with Crippen LogP contribution in [0.15, 0.2) is 42.6 Å². The van der Waals surface area contributed by atoms with Gasteiger partial charge in [0.2, 0.25) is 0 Å². The van der Waals surface area contributed by atoms with Gasteiger partial charge >= 0.3 is 0 Å². The van der Waals surface area contributed by atoms with Crippen molar-refractivity contribution in [3.63, 3.8) is 0 Å². The van der Waals surface area contributed by atoms with E-state index in [0.717, 1.165) is 43.1 Å². The first kappa shape index (κ1) is 13.6. The highest BCUT2D eigenvalue weighted by atomic mass is 15.2. The second kappa shape index (κ2) is 5.93. The number of anilines is 2. The summed E-state index contributed by atoms with van der Waals surface area (Å²) in [5, 5.41) is 11.7. The predicted octanol–water partition coefficient (Wildman–Crippen LogP) is 1.49. The van der Waals surface area contributed by atoms with Gasteiger partial charge in [0.25, 0.3) is 0 Å². The van der Waals surface area contributed by atoms with Gasteiger partial charge in [-0.3, -0.25) is 5.41 Å². The molecule has 108 valence electrons. The lowest BCUT2D eigenvalue weighted by molar-refractivity contribution is 0.585. The largest absolute Gasteiger partial charge is 0.398 e. The van der Waals surface area contributed by atoms with Crippen LogP contribution in [0.2, 0.25) is 0 Å². The number of hydrogen-bond donors (Lipinski definition) is 3. The van der Waals surface area contributed by atoms with Crippen molar-refractivity contribution in [1.29, 1.82) is 5.41 Å². The maximum atomic E-state index is 8.38. The number of nitrogen functional groups attached to an aromatic ring is 1. The number of para-hydroxylation sites is 1. The molecule has 2 aromatic rings. The summed E-state index contributed by atoms with van der Waals surface area (Å²) < 4.78 is 0. The van der Waals surface area contributed by atoms with Gasteiger partial charge in [-0.25, -0.2) is 4.98 Å². The van der Waals surface area contributed by atoms with Gasteiger partial charge in [0.15, 0.2) is 0 Å². The van der Waals surface area contributed by atoms with Crippen LogP contribution in [0.5, 0.6) is 0 Å². The first-order chi connectivity index (χ1) is 10.3. The van der Waals surface area contributed by atoms with Gasteiger partial charge in [-0.05, 0) is 18.2 Å². The number of pyridine rings is 1. The lowest BCUT2D eigenvalue weighted by Gasteiger charge is -2.28. The van der Waals surface area contributed by atoms with Gasteiger partial charge in [-0.15, -0.1) is 0 Å². The van der Waals surface area contributed by atoms with Gasteiger partial charge in [-0.2, -0.15) is 0 Å². The van der Waals surface area contributed by atoms with Crippen LogP contribution in [0.1, 0.15) is 11.1 Å². The van der Waals surface area contributed by atoms with E-state index >= 15 is 0 Å². The van der Waals surface area contributed by atoms with Crippen LogP contribution in [0, 0.1) is 5.41 Å². The third kappa shape index (κ3) is 2.87. The Morgan fingerprint density at radius 2 is 1.95 bits per heavy atom. The third-order valence-electron chi connectivity index (χ3n) is 3.71.